The van der Waals surface area contributed by atoms with Crippen LogP contribution in [0.2, 0.25) is 5.02 Å². The van der Waals surface area contributed by atoms with Crippen LogP contribution in [0.4, 0.5) is 4.39 Å². The molecule has 0 bridgehead atoms. The van der Waals surface area contributed by atoms with E-state index in [0.717, 1.165) is 23.2 Å². The molecule has 4 heteroatoms. The van der Waals surface area contributed by atoms with E-state index in [9.17, 15) is 4.39 Å². The van der Waals surface area contributed by atoms with E-state index < -0.39 is 0 Å². The molecule has 0 heterocycles. The first-order valence-corrected chi connectivity index (χ1v) is 6.81. The van der Waals surface area contributed by atoms with Crippen LogP contribution >= 0.6 is 24.0 Å². The summed E-state index contributed by atoms with van der Waals surface area (Å²) in [6, 6.07) is 14.2. The summed E-state index contributed by atoms with van der Waals surface area (Å²) in [5.74, 6) is -0.229. The van der Waals surface area contributed by atoms with E-state index in [1.54, 1.807) is 12.1 Å². The van der Waals surface area contributed by atoms with Gasteiger partial charge in [-0.05, 0) is 55.1 Å². The molecule has 0 amide bonds. The Hall–Kier alpha value is -1.35. The molecule has 0 aliphatic heterocycles. The molecular formula is C17H18Cl2FN. The van der Waals surface area contributed by atoms with Crippen LogP contribution in [0.5, 0.6) is 0 Å². The standard InChI is InChI=1S/C17H17ClFN.ClH/c1-20(2)11-10-17(13-6-8-15(18)9-7-13)14-4-3-5-16(19)12-14;/h3-10,12H,11H2,1-2H3;1H/b17-10+;. The number of nitrogens with zero attached hydrogens (tertiary/aromatic N) is 1. The summed E-state index contributed by atoms with van der Waals surface area (Å²) in [6.45, 7) is 0.786. The number of halogens is 3. The molecule has 0 atom stereocenters. The predicted molar refractivity (Wildman–Crippen MR) is 90.7 cm³/mol. The van der Waals surface area contributed by atoms with Crippen LogP contribution in [-0.2, 0) is 0 Å². The lowest BCUT2D eigenvalue weighted by Gasteiger charge is -2.12. The Labute approximate surface area is 136 Å². The summed E-state index contributed by atoms with van der Waals surface area (Å²) in [4.78, 5) is 2.06. The van der Waals surface area contributed by atoms with Gasteiger partial charge in [-0.25, -0.2) is 4.39 Å². The van der Waals surface area contributed by atoms with Crippen molar-refractivity contribution in [3.05, 3.63) is 76.6 Å². The van der Waals surface area contributed by atoms with Crippen LogP contribution in [0.1, 0.15) is 11.1 Å². The molecule has 2 aromatic rings. The van der Waals surface area contributed by atoms with Crippen molar-refractivity contribution in [2.45, 2.75) is 0 Å². The Bertz CT molecular complexity index is 606. The van der Waals surface area contributed by atoms with Crippen molar-refractivity contribution in [1.29, 1.82) is 0 Å². The van der Waals surface area contributed by atoms with E-state index in [1.165, 1.54) is 6.07 Å². The second-order valence-electron chi connectivity index (χ2n) is 4.90. The molecule has 0 N–H and O–H groups in total. The SMILES string of the molecule is CN(C)C/C=C(\c1ccc(Cl)cc1)c1cccc(F)c1.Cl. The molecule has 0 aliphatic carbocycles. The second-order valence-corrected chi connectivity index (χ2v) is 5.33. The summed E-state index contributed by atoms with van der Waals surface area (Å²) in [6.07, 6.45) is 2.10. The third kappa shape index (κ3) is 5.16. The monoisotopic (exact) mass is 325 g/mol. The van der Waals surface area contributed by atoms with Crippen molar-refractivity contribution in [2.24, 2.45) is 0 Å². The molecule has 0 saturated heterocycles. The highest BCUT2D eigenvalue weighted by Gasteiger charge is 2.06. The molecule has 2 aromatic carbocycles. The number of likely N-dealkylation sites (N-methyl/N-ethyl adjacent to an activating group) is 1. The maximum atomic E-state index is 13.4. The van der Waals surface area contributed by atoms with E-state index in [1.807, 2.05) is 44.4 Å². The minimum Gasteiger partial charge on any atom is -0.306 e. The van der Waals surface area contributed by atoms with Gasteiger partial charge in [-0.3, -0.25) is 0 Å². The number of hydrogen-bond donors (Lipinski definition) is 0. The lowest BCUT2D eigenvalue weighted by molar-refractivity contribution is 0.457. The highest BCUT2D eigenvalue weighted by atomic mass is 35.5. The normalized spacial score (nSPS) is 11.4. The molecule has 0 aliphatic rings. The van der Waals surface area contributed by atoms with Gasteiger partial charge in [0.2, 0.25) is 0 Å². The van der Waals surface area contributed by atoms with Crippen LogP contribution in [0.3, 0.4) is 0 Å². The van der Waals surface area contributed by atoms with Crippen molar-refractivity contribution in [3.8, 4) is 0 Å². The maximum Gasteiger partial charge on any atom is 0.123 e. The average Bonchev–Trinajstić information content (AvgIpc) is 2.41. The fourth-order valence-corrected chi connectivity index (χ4v) is 2.09. The van der Waals surface area contributed by atoms with Crippen molar-refractivity contribution in [3.63, 3.8) is 0 Å². The Balaban J connectivity index is 0.00000220. The van der Waals surface area contributed by atoms with Gasteiger partial charge in [-0.15, -0.1) is 12.4 Å². The zero-order chi connectivity index (χ0) is 14.5. The fourth-order valence-electron chi connectivity index (χ4n) is 1.96. The molecule has 112 valence electrons. The highest BCUT2D eigenvalue weighted by molar-refractivity contribution is 6.30. The summed E-state index contributed by atoms with van der Waals surface area (Å²) in [7, 11) is 4.00. The number of benzene rings is 2. The first-order valence-electron chi connectivity index (χ1n) is 6.43. The third-order valence-electron chi connectivity index (χ3n) is 2.95. The van der Waals surface area contributed by atoms with Crippen LogP contribution < -0.4 is 0 Å². The summed E-state index contributed by atoms with van der Waals surface area (Å²) in [5.41, 5.74) is 2.91. The Morgan fingerprint density at radius 3 is 2.33 bits per heavy atom. The van der Waals surface area contributed by atoms with Gasteiger partial charge in [0, 0.05) is 11.6 Å². The Kier molecular flexibility index (Phi) is 6.90. The largest absolute Gasteiger partial charge is 0.306 e. The van der Waals surface area contributed by atoms with Gasteiger partial charge in [-0.1, -0.05) is 41.9 Å². The van der Waals surface area contributed by atoms with Gasteiger partial charge in [0.15, 0.2) is 0 Å². The van der Waals surface area contributed by atoms with Crippen LogP contribution in [-0.4, -0.2) is 25.5 Å². The van der Waals surface area contributed by atoms with Gasteiger partial charge in [0.05, 0.1) is 0 Å². The smallest absolute Gasteiger partial charge is 0.123 e. The van der Waals surface area contributed by atoms with E-state index >= 15 is 0 Å². The van der Waals surface area contributed by atoms with Gasteiger partial charge in [-0.2, -0.15) is 0 Å². The first kappa shape index (κ1) is 17.7. The third-order valence-corrected chi connectivity index (χ3v) is 3.20. The van der Waals surface area contributed by atoms with Crippen molar-refractivity contribution in [2.75, 3.05) is 20.6 Å². The van der Waals surface area contributed by atoms with E-state index in [0.29, 0.717) is 5.02 Å². The lowest BCUT2D eigenvalue weighted by Crippen LogP contribution is -2.11. The minimum absolute atomic E-state index is 0. The van der Waals surface area contributed by atoms with E-state index in [-0.39, 0.29) is 18.2 Å². The topological polar surface area (TPSA) is 3.24 Å². The summed E-state index contributed by atoms with van der Waals surface area (Å²) in [5, 5.41) is 0.694. The maximum absolute atomic E-state index is 13.4. The first-order chi connectivity index (χ1) is 9.56. The lowest BCUT2D eigenvalue weighted by atomic mass is 9.97. The highest BCUT2D eigenvalue weighted by Crippen LogP contribution is 2.25. The quantitative estimate of drug-likeness (QED) is 0.773. The molecule has 21 heavy (non-hydrogen) atoms. The summed E-state index contributed by atoms with van der Waals surface area (Å²) >= 11 is 5.93. The number of rotatable bonds is 4. The van der Waals surface area contributed by atoms with Gasteiger partial charge in [0.25, 0.3) is 0 Å². The molecule has 1 nitrogen and oxygen atoms in total. The molecule has 0 saturated carbocycles. The average molecular weight is 326 g/mol. The fraction of sp³-hybridized carbons (Fsp3) is 0.176. The van der Waals surface area contributed by atoms with Gasteiger partial charge in [0.1, 0.15) is 5.82 Å². The van der Waals surface area contributed by atoms with Gasteiger partial charge >= 0.3 is 0 Å². The second kappa shape index (κ2) is 8.18. The molecule has 0 radical (unpaired) electrons. The van der Waals surface area contributed by atoms with E-state index in [2.05, 4.69) is 11.0 Å². The van der Waals surface area contributed by atoms with Crippen molar-refractivity contribution >= 4 is 29.6 Å². The summed E-state index contributed by atoms with van der Waals surface area (Å²) < 4.78 is 13.4. The Morgan fingerprint density at radius 1 is 1.10 bits per heavy atom. The van der Waals surface area contributed by atoms with E-state index in [4.69, 9.17) is 11.6 Å². The molecular weight excluding hydrogens is 308 g/mol. The molecule has 2 rings (SSSR count). The predicted octanol–water partition coefficient (Wildman–Crippen LogP) is 4.89. The number of hydrogen-bond acceptors (Lipinski definition) is 1. The molecule has 0 aromatic heterocycles. The van der Waals surface area contributed by atoms with Crippen LogP contribution in [0.15, 0.2) is 54.6 Å². The molecule has 0 spiro atoms. The zero-order valence-electron chi connectivity index (χ0n) is 12.0. The van der Waals surface area contributed by atoms with Crippen molar-refractivity contribution in [1.82, 2.24) is 4.90 Å². The van der Waals surface area contributed by atoms with Crippen LogP contribution in [0.25, 0.3) is 5.57 Å². The minimum atomic E-state index is -0.229. The molecule has 0 unspecified atom stereocenters. The zero-order valence-corrected chi connectivity index (χ0v) is 13.6. The van der Waals surface area contributed by atoms with Gasteiger partial charge < -0.3 is 4.90 Å². The van der Waals surface area contributed by atoms with Crippen molar-refractivity contribution < 1.29 is 4.39 Å². The Morgan fingerprint density at radius 2 is 1.76 bits per heavy atom. The van der Waals surface area contributed by atoms with Crippen LogP contribution in [0, 0.1) is 5.82 Å². The molecule has 0 fully saturated rings.